The Morgan fingerprint density at radius 1 is 0.738 bits per heavy atom. The maximum absolute atomic E-state index is 12.4. The summed E-state index contributed by atoms with van der Waals surface area (Å²) in [5, 5.41) is 40.8. The lowest BCUT2D eigenvalue weighted by Crippen LogP contribution is -2.37. The maximum atomic E-state index is 12.4. The number of halogens is 1. The van der Waals surface area contributed by atoms with Crippen molar-refractivity contribution in [3.8, 4) is 41.1 Å². The number of likely N-dealkylation sites (tertiary alicyclic amines) is 2. The van der Waals surface area contributed by atoms with Gasteiger partial charge in [-0.05, 0) is 49.2 Å². The molecule has 2 aromatic carbocycles. The summed E-state index contributed by atoms with van der Waals surface area (Å²) < 4.78 is 12.9. The number of aryl methyl sites for hydroxylation is 2. The average Bonchev–Trinajstić information content (AvgIpc) is 4.05. The molecule has 65 heavy (non-hydrogen) atoms. The molecule has 8 rings (SSSR count). The number of pyridine rings is 2. The van der Waals surface area contributed by atoms with Crippen LogP contribution in [0.4, 0.5) is 0 Å². The fourth-order valence-corrected chi connectivity index (χ4v) is 7.76. The molecule has 0 spiro atoms. The minimum absolute atomic E-state index is 0.103. The Labute approximate surface area is 378 Å². The van der Waals surface area contributed by atoms with E-state index in [4.69, 9.17) is 21.1 Å². The van der Waals surface area contributed by atoms with Crippen LogP contribution in [0.15, 0.2) is 60.7 Å². The van der Waals surface area contributed by atoms with Gasteiger partial charge in [0, 0.05) is 63.3 Å². The van der Waals surface area contributed by atoms with Gasteiger partial charge in [-0.3, -0.25) is 9.59 Å². The first-order valence-electron chi connectivity index (χ1n) is 20.4. The summed E-state index contributed by atoms with van der Waals surface area (Å²) in [6.07, 6.45) is 1.55. The number of amides is 2. The van der Waals surface area contributed by atoms with Crippen molar-refractivity contribution >= 4 is 57.2 Å². The van der Waals surface area contributed by atoms with Crippen LogP contribution in [0.2, 0.25) is 5.15 Å². The van der Waals surface area contributed by atoms with E-state index in [-0.39, 0.29) is 35.1 Å². The molecule has 0 aliphatic carbocycles. The normalized spacial score (nSPS) is 17.8. The van der Waals surface area contributed by atoms with Crippen LogP contribution in [-0.2, 0) is 31.9 Å². The second-order valence-corrected chi connectivity index (χ2v) is 15.6. The van der Waals surface area contributed by atoms with Gasteiger partial charge < -0.3 is 29.5 Å². The van der Waals surface area contributed by atoms with Crippen molar-refractivity contribution in [3.05, 3.63) is 105 Å². The molecule has 2 aliphatic heterocycles. The van der Waals surface area contributed by atoms with E-state index in [2.05, 4.69) is 43.8 Å². The van der Waals surface area contributed by atoms with Gasteiger partial charge in [0.1, 0.15) is 16.9 Å². The molecule has 0 bridgehead atoms. The van der Waals surface area contributed by atoms with E-state index >= 15 is 0 Å². The average molecular weight is 896 g/mol. The first kappa shape index (κ1) is 45.4. The van der Waals surface area contributed by atoms with E-state index in [0.29, 0.717) is 81.6 Å². The zero-order valence-corrected chi connectivity index (χ0v) is 37.0. The van der Waals surface area contributed by atoms with Crippen LogP contribution in [0.25, 0.3) is 33.2 Å². The van der Waals surface area contributed by atoms with Crippen molar-refractivity contribution in [3.63, 3.8) is 0 Å². The molecular weight excluding hydrogens is 854 g/mol. The van der Waals surface area contributed by atoms with Crippen molar-refractivity contribution < 1.29 is 38.9 Å². The zero-order valence-electron chi connectivity index (χ0n) is 36.3. The third kappa shape index (κ3) is 8.71. The monoisotopic (exact) mass is 895 g/mol. The summed E-state index contributed by atoms with van der Waals surface area (Å²) in [7, 11) is 5.83. The van der Waals surface area contributed by atoms with Gasteiger partial charge in [-0.1, -0.05) is 61.3 Å². The number of esters is 2. The van der Waals surface area contributed by atoms with Gasteiger partial charge in [0.2, 0.25) is 11.2 Å². The van der Waals surface area contributed by atoms with Crippen LogP contribution < -0.4 is 0 Å². The number of carbonyl (C=O) groups is 4. The summed E-state index contributed by atoms with van der Waals surface area (Å²) in [5.41, 5.74) is 1.77. The molecule has 0 radical (unpaired) electrons. The van der Waals surface area contributed by atoms with Crippen LogP contribution in [0.5, 0.6) is 0 Å². The topological polar surface area (TPSA) is 219 Å². The van der Waals surface area contributed by atoms with Gasteiger partial charge in [-0.2, -0.15) is 15.5 Å². The lowest BCUT2D eigenvalue weighted by molar-refractivity contribution is -0.138. The van der Waals surface area contributed by atoms with Crippen molar-refractivity contribution in [2.45, 2.75) is 50.7 Å². The molecule has 2 fully saturated rings. The van der Waals surface area contributed by atoms with E-state index < -0.39 is 35.0 Å². The molecule has 17 nitrogen and oxygen atoms in total. The van der Waals surface area contributed by atoms with Crippen molar-refractivity contribution in [2.24, 2.45) is 0 Å². The highest BCUT2D eigenvalue weighted by Gasteiger charge is 2.43. The van der Waals surface area contributed by atoms with Crippen molar-refractivity contribution in [1.29, 1.82) is 5.26 Å². The number of aliphatic hydroxyl groups is 2. The molecule has 2 aliphatic rings. The highest BCUT2D eigenvalue weighted by Crippen LogP contribution is 2.30. The lowest BCUT2D eigenvalue weighted by Gasteiger charge is -2.13. The molecule has 330 valence electrons. The Balaban J connectivity index is 0.000000194. The fourth-order valence-electron chi connectivity index (χ4n) is 7.55. The van der Waals surface area contributed by atoms with E-state index in [1.54, 1.807) is 73.4 Å². The minimum atomic E-state index is -1.70. The number of hydrogen-bond acceptors (Lipinski definition) is 13. The molecule has 6 aromatic rings. The van der Waals surface area contributed by atoms with Gasteiger partial charge in [-0.25, -0.2) is 28.9 Å². The number of ether oxygens (including phenoxy) is 2. The Morgan fingerprint density at radius 3 is 1.58 bits per heavy atom. The van der Waals surface area contributed by atoms with Crippen LogP contribution in [-0.4, -0.2) is 126 Å². The largest absolute Gasteiger partial charge is 0.464 e. The number of methoxy groups -OCH3 is 2. The second kappa shape index (κ2) is 18.2. The minimum Gasteiger partial charge on any atom is -0.464 e. The van der Waals surface area contributed by atoms with Gasteiger partial charge >= 0.3 is 11.9 Å². The molecule has 4 aromatic heterocycles. The van der Waals surface area contributed by atoms with Crippen molar-refractivity contribution in [2.75, 3.05) is 41.4 Å². The number of fused-ring (bicyclic) bond motifs is 2. The molecule has 18 heteroatoms. The summed E-state index contributed by atoms with van der Waals surface area (Å²) >= 11 is 6.22. The molecule has 0 unspecified atom stereocenters. The number of likely N-dealkylation sites (N-methyl/N-ethyl adjacent to an activating group) is 2. The van der Waals surface area contributed by atoms with E-state index in [9.17, 15) is 34.7 Å². The highest BCUT2D eigenvalue weighted by molar-refractivity contribution is 6.30. The highest BCUT2D eigenvalue weighted by atomic mass is 35.5. The van der Waals surface area contributed by atoms with Crippen LogP contribution in [0.3, 0.4) is 0 Å². The number of benzene rings is 2. The van der Waals surface area contributed by atoms with E-state index in [1.807, 2.05) is 26.0 Å². The van der Waals surface area contributed by atoms with E-state index in [0.717, 1.165) is 0 Å². The summed E-state index contributed by atoms with van der Waals surface area (Å²) in [6, 6.07) is 19.4. The fraction of sp³-hybridized carbons (Fsp3) is 0.298. The summed E-state index contributed by atoms with van der Waals surface area (Å²) in [5.74, 6) is 9.17. The van der Waals surface area contributed by atoms with E-state index in [1.165, 1.54) is 28.7 Å². The summed E-state index contributed by atoms with van der Waals surface area (Å²) in [6.45, 7) is 4.69. The van der Waals surface area contributed by atoms with Gasteiger partial charge in [-0.15, -0.1) is 0 Å². The number of aromatic nitrogens is 6. The van der Waals surface area contributed by atoms with Crippen LogP contribution >= 0.6 is 11.6 Å². The molecule has 2 saturated heterocycles. The van der Waals surface area contributed by atoms with Gasteiger partial charge in [0.15, 0.2) is 11.4 Å². The predicted molar refractivity (Wildman–Crippen MR) is 237 cm³/mol. The third-order valence-corrected chi connectivity index (χ3v) is 11.2. The molecule has 2 N–H and O–H groups in total. The summed E-state index contributed by atoms with van der Waals surface area (Å²) in [4.78, 5) is 60.7. The Hall–Kier alpha value is -7.62. The Kier molecular flexibility index (Phi) is 12.7. The number of carbonyl (C=O) groups excluding carboxylic acids is 4. The standard InChI is InChI=1S/C24H21N5O4.C23H21ClN4O4/c1-4-18-20-19(13-16(14-25)26-18)29(27-21(20)22(30)33-3)17-7-5-6-15(12-17)8-9-24(32)10-11-28(2)23(24)31;1-4-16-19-17(13-18(24)25-16)28(26-20(19)21(29)32-3)15-7-5-6-14(12-15)8-9-23(31)10-11-27(2)22(23)30/h5-7,12-13,32H,4,10-11H2,1-3H3;5-7,12-13,31H,4,10-11H2,1-3H3/t24-;23-/m00/s1. The number of nitriles is 1. The third-order valence-electron chi connectivity index (χ3n) is 11.0. The van der Waals surface area contributed by atoms with Crippen molar-refractivity contribution in [1.82, 2.24) is 39.3 Å². The maximum Gasteiger partial charge on any atom is 0.359 e. The number of rotatable bonds is 6. The Morgan fingerprint density at radius 2 is 1.18 bits per heavy atom. The molecule has 2 atom stereocenters. The molecule has 6 heterocycles. The van der Waals surface area contributed by atoms with Crippen LogP contribution in [0.1, 0.15) is 75.9 Å². The smallest absolute Gasteiger partial charge is 0.359 e. The molecular formula is C47H42ClN9O8. The van der Waals surface area contributed by atoms with Gasteiger partial charge in [0.25, 0.3) is 11.8 Å². The number of hydrogen-bond donors (Lipinski definition) is 2. The molecule has 2 amide bonds. The first-order chi connectivity index (χ1) is 31.1. The van der Waals surface area contributed by atoms with Gasteiger partial charge in [0.05, 0.1) is 58.8 Å². The SMILES string of the molecule is CCc1nc(C#N)cc2c1c(C(=O)OC)nn2-c1cccc(C#C[C@]2(O)CCN(C)C2=O)c1.CCc1nc(Cl)cc2c1c(C(=O)OC)nn2-c1cccc(C#C[C@]2(O)CCN(C)C2=O)c1. The second-order valence-electron chi connectivity index (χ2n) is 15.2. The quantitative estimate of drug-likeness (QED) is 0.138. The predicted octanol–water partition coefficient (Wildman–Crippen LogP) is 3.95. The Bertz CT molecular complexity index is 3110. The first-order valence-corrected chi connectivity index (χ1v) is 20.8. The number of nitrogens with zero attached hydrogens (tertiary/aromatic N) is 9. The lowest BCUT2D eigenvalue weighted by atomic mass is 10.0. The molecule has 0 saturated carbocycles. The zero-order chi connectivity index (χ0) is 46.8. The van der Waals surface area contributed by atoms with Crippen LogP contribution in [0, 0.1) is 35.0 Å².